The Balaban J connectivity index is 1.79. The summed E-state index contributed by atoms with van der Waals surface area (Å²) in [6.07, 6.45) is 4.20. The molecule has 28 heavy (non-hydrogen) atoms. The summed E-state index contributed by atoms with van der Waals surface area (Å²) in [5, 5.41) is 3.11. The fraction of sp³-hybridized carbons (Fsp3) is 0.429. The van der Waals surface area contributed by atoms with E-state index in [-0.39, 0.29) is 11.9 Å². The first-order valence-corrected chi connectivity index (χ1v) is 9.64. The van der Waals surface area contributed by atoms with Crippen molar-refractivity contribution in [2.75, 3.05) is 19.0 Å². The molecule has 3 rings (SSSR count). The summed E-state index contributed by atoms with van der Waals surface area (Å²) in [7, 11) is 1.35. The Labute approximate surface area is 165 Å². The van der Waals surface area contributed by atoms with Gasteiger partial charge in [0.2, 0.25) is 5.95 Å². The van der Waals surface area contributed by atoms with E-state index in [1.807, 2.05) is 11.8 Å². The van der Waals surface area contributed by atoms with E-state index in [4.69, 9.17) is 4.74 Å². The van der Waals surface area contributed by atoms with Gasteiger partial charge in [-0.25, -0.2) is 14.8 Å². The van der Waals surface area contributed by atoms with Gasteiger partial charge < -0.3 is 15.0 Å². The SMILES string of the molecule is CCC1CCCCN1C(=O)c1cc(C)nc(Nc2ccc(C(=O)OC)cc2)n1. The molecular weight excluding hydrogens is 356 g/mol. The largest absolute Gasteiger partial charge is 0.465 e. The van der Waals surface area contributed by atoms with E-state index >= 15 is 0 Å². The van der Waals surface area contributed by atoms with Crippen molar-refractivity contribution < 1.29 is 14.3 Å². The predicted molar refractivity (Wildman–Crippen MR) is 107 cm³/mol. The van der Waals surface area contributed by atoms with Crippen molar-refractivity contribution >= 4 is 23.5 Å². The van der Waals surface area contributed by atoms with Gasteiger partial charge in [0.05, 0.1) is 12.7 Å². The normalized spacial score (nSPS) is 16.5. The third-order valence-electron chi connectivity index (χ3n) is 4.99. The lowest BCUT2D eigenvalue weighted by atomic mass is 9.99. The Morgan fingerprint density at radius 2 is 1.96 bits per heavy atom. The standard InChI is InChI=1S/C21H26N4O3/c1-4-17-7-5-6-12-25(17)19(26)18-13-14(2)22-21(24-18)23-16-10-8-15(9-11-16)20(27)28-3/h8-11,13,17H,4-7,12H2,1-3H3,(H,22,23,24). The van der Waals surface area contributed by atoms with Gasteiger partial charge in [0.1, 0.15) is 5.69 Å². The van der Waals surface area contributed by atoms with Crippen molar-refractivity contribution in [3.8, 4) is 0 Å². The molecule has 0 saturated carbocycles. The van der Waals surface area contributed by atoms with Crippen LogP contribution in [0.1, 0.15) is 59.1 Å². The number of nitrogens with one attached hydrogen (secondary N) is 1. The number of hydrogen-bond donors (Lipinski definition) is 1. The number of aryl methyl sites for hydroxylation is 1. The van der Waals surface area contributed by atoms with Crippen LogP contribution in [0.5, 0.6) is 0 Å². The summed E-state index contributed by atoms with van der Waals surface area (Å²) in [6, 6.07) is 8.83. The lowest BCUT2D eigenvalue weighted by Crippen LogP contribution is -2.43. The fourth-order valence-electron chi connectivity index (χ4n) is 3.51. The second-order valence-electron chi connectivity index (χ2n) is 6.97. The molecule has 1 aliphatic rings. The first-order valence-electron chi connectivity index (χ1n) is 9.64. The number of carbonyl (C=O) groups excluding carboxylic acids is 2. The Kier molecular flexibility index (Phi) is 6.23. The van der Waals surface area contributed by atoms with Crippen molar-refractivity contribution in [1.29, 1.82) is 0 Å². The fourth-order valence-corrected chi connectivity index (χ4v) is 3.51. The number of likely N-dealkylation sites (tertiary alicyclic amines) is 1. The van der Waals surface area contributed by atoms with Crippen LogP contribution in [0.3, 0.4) is 0 Å². The molecule has 0 radical (unpaired) electrons. The minimum atomic E-state index is -0.391. The number of nitrogens with zero attached hydrogens (tertiary/aromatic N) is 3. The summed E-state index contributed by atoms with van der Waals surface area (Å²) in [5.41, 5.74) is 2.31. The van der Waals surface area contributed by atoms with Crippen molar-refractivity contribution in [2.45, 2.75) is 45.6 Å². The maximum atomic E-state index is 13.0. The summed E-state index contributed by atoms with van der Waals surface area (Å²) in [5.74, 6) is -0.0707. The van der Waals surface area contributed by atoms with Gasteiger partial charge in [0.25, 0.3) is 5.91 Å². The molecule has 1 aromatic heterocycles. The number of methoxy groups -OCH3 is 1. The molecule has 0 spiro atoms. The number of esters is 1. The number of benzene rings is 1. The van der Waals surface area contributed by atoms with E-state index in [0.717, 1.165) is 37.2 Å². The molecule has 148 valence electrons. The molecule has 7 heteroatoms. The average Bonchev–Trinajstić information content (AvgIpc) is 2.72. The van der Waals surface area contributed by atoms with Gasteiger partial charge in [-0.2, -0.15) is 0 Å². The quantitative estimate of drug-likeness (QED) is 0.794. The lowest BCUT2D eigenvalue weighted by molar-refractivity contribution is 0.0593. The van der Waals surface area contributed by atoms with Crippen molar-refractivity contribution in [3.05, 3.63) is 47.3 Å². The van der Waals surface area contributed by atoms with E-state index in [1.54, 1.807) is 30.3 Å². The van der Waals surface area contributed by atoms with E-state index in [2.05, 4.69) is 22.2 Å². The molecule has 2 heterocycles. The van der Waals surface area contributed by atoms with Crippen molar-refractivity contribution in [1.82, 2.24) is 14.9 Å². The number of anilines is 2. The predicted octanol–water partition coefficient (Wildman–Crippen LogP) is 3.72. The number of hydrogen-bond acceptors (Lipinski definition) is 6. The van der Waals surface area contributed by atoms with Crippen LogP contribution in [0.25, 0.3) is 0 Å². The Morgan fingerprint density at radius 3 is 2.64 bits per heavy atom. The van der Waals surface area contributed by atoms with Gasteiger partial charge in [0.15, 0.2) is 0 Å². The smallest absolute Gasteiger partial charge is 0.337 e. The monoisotopic (exact) mass is 382 g/mol. The summed E-state index contributed by atoms with van der Waals surface area (Å²) in [4.78, 5) is 35.3. The minimum Gasteiger partial charge on any atom is -0.465 e. The van der Waals surface area contributed by atoms with Gasteiger partial charge in [-0.15, -0.1) is 0 Å². The van der Waals surface area contributed by atoms with E-state index in [9.17, 15) is 9.59 Å². The molecule has 1 aromatic carbocycles. The van der Waals surface area contributed by atoms with Crippen LogP contribution in [-0.2, 0) is 4.74 Å². The lowest BCUT2D eigenvalue weighted by Gasteiger charge is -2.35. The highest BCUT2D eigenvalue weighted by atomic mass is 16.5. The summed E-state index contributed by atoms with van der Waals surface area (Å²) < 4.78 is 4.70. The van der Waals surface area contributed by atoms with Crippen LogP contribution in [0.2, 0.25) is 0 Å². The molecule has 1 saturated heterocycles. The minimum absolute atomic E-state index is 0.0406. The number of aromatic nitrogens is 2. The van der Waals surface area contributed by atoms with Crippen molar-refractivity contribution in [3.63, 3.8) is 0 Å². The highest BCUT2D eigenvalue weighted by Crippen LogP contribution is 2.22. The number of ether oxygens (including phenoxy) is 1. The molecule has 1 fully saturated rings. The summed E-state index contributed by atoms with van der Waals surface area (Å²) >= 11 is 0. The molecule has 7 nitrogen and oxygen atoms in total. The van der Waals surface area contributed by atoms with Crippen LogP contribution in [0.15, 0.2) is 30.3 Å². The molecular formula is C21H26N4O3. The first kappa shape index (κ1) is 19.8. The molecule has 0 aliphatic carbocycles. The van der Waals surface area contributed by atoms with Crippen LogP contribution in [0, 0.1) is 6.92 Å². The Hall–Kier alpha value is -2.96. The van der Waals surface area contributed by atoms with Crippen LogP contribution in [0.4, 0.5) is 11.6 Å². The van der Waals surface area contributed by atoms with Gasteiger partial charge >= 0.3 is 5.97 Å². The molecule has 1 unspecified atom stereocenters. The maximum Gasteiger partial charge on any atom is 0.337 e. The van der Waals surface area contributed by atoms with Crippen molar-refractivity contribution in [2.24, 2.45) is 0 Å². The first-order chi connectivity index (χ1) is 13.5. The van der Waals surface area contributed by atoms with Gasteiger partial charge in [-0.1, -0.05) is 6.92 Å². The maximum absolute atomic E-state index is 13.0. The van der Waals surface area contributed by atoms with Crippen LogP contribution in [-0.4, -0.2) is 46.4 Å². The zero-order valence-electron chi connectivity index (χ0n) is 16.6. The Morgan fingerprint density at radius 1 is 1.21 bits per heavy atom. The van der Waals surface area contributed by atoms with Gasteiger partial charge in [0, 0.05) is 24.0 Å². The highest BCUT2D eigenvalue weighted by molar-refractivity contribution is 5.93. The molecule has 1 atom stereocenters. The zero-order chi connectivity index (χ0) is 20.1. The number of amides is 1. The molecule has 1 amide bonds. The zero-order valence-corrected chi connectivity index (χ0v) is 16.6. The molecule has 0 bridgehead atoms. The van der Waals surface area contributed by atoms with E-state index in [1.165, 1.54) is 13.5 Å². The molecule has 1 aliphatic heterocycles. The van der Waals surface area contributed by atoms with Gasteiger partial charge in [-0.3, -0.25) is 4.79 Å². The topological polar surface area (TPSA) is 84.4 Å². The van der Waals surface area contributed by atoms with Gasteiger partial charge in [-0.05, 0) is 62.9 Å². The second kappa shape index (κ2) is 8.82. The number of carbonyl (C=O) groups is 2. The molecule has 2 aromatic rings. The second-order valence-corrected chi connectivity index (χ2v) is 6.97. The third kappa shape index (κ3) is 4.47. The highest BCUT2D eigenvalue weighted by Gasteiger charge is 2.27. The van der Waals surface area contributed by atoms with E-state index in [0.29, 0.717) is 17.2 Å². The molecule has 1 N–H and O–H groups in total. The third-order valence-corrected chi connectivity index (χ3v) is 4.99. The number of piperidine rings is 1. The average molecular weight is 382 g/mol. The van der Waals surface area contributed by atoms with Crippen LogP contribution < -0.4 is 5.32 Å². The number of rotatable bonds is 5. The summed E-state index contributed by atoms with van der Waals surface area (Å²) in [6.45, 7) is 4.74. The van der Waals surface area contributed by atoms with E-state index < -0.39 is 5.97 Å². The Bertz CT molecular complexity index is 851. The van der Waals surface area contributed by atoms with Crippen LogP contribution >= 0.6 is 0 Å².